The minimum absolute atomic E-state index is 0.0454. The molecule has 0 radical (unpaired) electrons. The first-order chi connectivity index (χ1) is 14.0. The molecule has 0 aromatic heterocycles. The lowest BCUT2D eigenvalue weighted by atomic mass is 9.46. The van der Waals surface area contributed by atoms with E-state index in [4.69, 9.17) is 0 Å². The summed E-state index contributed by atoms with van der Waals surface area (Å²) in [5, 5.41) is 10.8. The van der Waals surface area contributed by atoms with E-state index >= 15 is 0 Å². The van der Waals surface area contributed by atoms with E-state index in [0.29, 0.717) is 16.7 Å². The molecule has 1 saturated carbocycles. The Labute approximate surface area is 186 Å². The zero-order chi connectivity index (χ0) is 21.9. The Kier molecular flexibility index (Phi) is 5.87. The van der Waals surface area contributed by atoms with Gasteiger partial charge in [0.25, 0.3) is 0 Å². The molecule has 0 spiro atoms. The molecule has 1 heteroatoms. The van der Waals surface area contributed by atoms with Crippen LogP contribution in [-0.4, -0.2) is 11.2 Å². The van der Waals surface area contributed by atoms with Gasteiger partial charge in [-0.15, -0.1) is 0 Å². The number of aliphatic hydroxyl groups is 1. The molecule has 0 saturated heterocycles. The van der Waals surface area contributed by atoms with Crippen molar-refractivity contribution in [1.29, 1.82) is 0 Å². The van der Waals surface area contributed by atoms with Gasteiger partial charge in [0.2, 0.25) is 0 Å². The van der Waals surface area contributed by atoms with E-state index in [1.807, 2.05) is 0 Å². The monoisotopic (exact) mass is 412 g/mol. The number of fused-ring (bicyclic) bond motifs is 4. The second-order valence-corrected chi connectivity index (χ2v) is 13.0. The van der Waals surface area contributed by atoms with Gasteiger partial charge in [-0.2, -0.15) is 0 Å². The summed E-state index contributed by atoms with van der Waals surface area (Å²) in [6.45, 7) is 17.1. The van der Waals surface area contributed by atoms with Crippen molar-refractivity contribution in [3.05, 3.63) is 22.8 Å². The molecule has 170 valence electrons. The zero-order valence-electron chi connectivity index (χ0n) is 21.0. The Bertz CT molecular complexity index is 725. The molecule has 0 aromatic carbocycles. The number of hydrogen-bond donors (Lipinski definition) is 1. The lowest BCUT2D eigenvalue weighted by Gasteiger charge is -2.59. The predicted octanol–water partition coefficient (Wildman–Crippen LogP) is 8.09. The van der Waals surface area contributed by atoms with Gasteiger partial charge in [0.15, 0.2) is 0 Å². The van der Waals surface area contributed by atoms with Crippen LogP contribution in [0, 0.1) is 39.9 Å². The van der Waals surface area contributed by atoms with E-state index in [1.165, 1.54) is 57.8 Å². The van der Waals surface area contributed by atoms with E-state index in [9.17, 15) is 5.11 Å². The molecule has 1 fully saturated rings. The van der Waals surface area contributed by atoms with Gasteiger partial charge in [0.1, 0.15) is 0 Å². The van der Waals surface area contributed by atoms with Gasteiger partial charge in [0, 0.05) is 0 Å². The summed E-state index contributed by atoms with van der Waals surface area (Å²) in [5.74, 6) is 3.13. The highest BCUT2D eigenvalue weighted by Gasteiger charge is 2.57. The van der Waals surface area contributed by atoms with Gasteiger partial charge >= 0.3 is 0 Å². The highest BCUT2D eigenvalue weighted by atomic mass is 16.3. The zero-order valence-corrected chi connectivity index (χ0v) is 21.0. The molecule has 0 amide bonds. The molecular weight excluding hydrogens is 364 g/mol. The maximum absolute atomic E-state index is 10.8. The van der Waals surface area contributed by atoms with E-state index in [-0.39, 0.29) is 11.5 Å². The highest BCUT2D eigenvalue weighted by Crippen LogP contribution is 2.66. The Morgan fingerprint density at radius 3 is 2.40 bits per heavy atom. The summed E-state index contributed by atoms with van der Waals surface area (Å²) < 4.78 is 0. The third kappa shape index (κ3) is 3.37. The van der Waals surface area contributed by atoms with Crippen LogP contribution in [0.5, 0.6) is 0 Å². The van der Waals surface area contributed by atoms with Crippen molar-refractivity contribution in [1.82, 2.24) is 0 Å². The van der Waals surface area contributed by atoms with Crippen LogP contribution >= 0.6 is 0 Å². The molecule has 30 heavy (non-hydrogen) atoms. The number of allylic oxidation sites excluding steroid dienone is 4. The minimum atomic E-state index is -0.131. The normalized spacial score (nSPS) is 41.2. The van der Waals surface area contributed by atoms with Crippen molar-refractivity contribution in [2.75, 3.05) is 0 Å². The quantitative estimate of drug-likeness (QED) is 0.483. The van der Waals surface area contributed by atoms with E-state index in [1.54, 1.807) is 16.7 Å². The lowest BCUT2D eigenvalue weighted by molar-refractivity contribution is -0.0905. The summed E-state index contributed by atoms with van der Waals surface area (Å²) in [4.78, 5) is 0. The van der Waals surface area contributed by atoms with Gasteiger partial charge in [-0.1, -0.05) is 79.4 Å². The summed E-state index contributed by atoms with van der Waals surface area (Å²) in [6, 6.07) is 0. The summed E-state index contributed by atoms with van der Waals surface area (Å²) in [5.41, 5.74) is 6.09. The van der Waals surface area contributed by atoms with Crippen LogP contribution in [0.3, 0.4) is 0 Å². The first-order valence-corrected chi connectivity index (χ1v) is 13.1. The lowest BCUT2D eigenvalue weighted by Crippen LogP contribution is -2.53. The summed E-state index contributed by atoms with van der Waals surface area (Å²) >= 11 is 0. The number of rotatable bonds is 5. The van der Waals surface area contributed by atoms with Crippen molar-refractivity contribution in [3.8, 4) is 0 Å². The van der Waals surface area contributed by atoms with Crippen LogP contribution in [0.4, 0.5) is 0 Å². The smallest absolute Gasteiger partial charge is 0.0594 e. The SMILES string of the molecule is CC(C)CCC[C@H](C)[C@@H]1CC=C2C3=C(CC[C@]21C)[C@]1(C)CC[C@@H](O)C(C)(C)[C@@H]1CC3. The molecule has 0 heterocycles. The van der Waals surface area contributed by atoms with Crippen LogP contribution in [0.2, 0.25) is 0 Å². The Morgan fingerprint density at radius 1 is 0.967 bits per heavy atom. The van der Waals surface area contributed by atoms with Gasteiger partial charge in [-0.3, -0.25) is 0 Å². The first-order valence-electron chi connectivity index (χ1n) is 13.1. The molecule has 1 nitrogen and oxygen atoms in total. The second-order valence-electron chi connectivity index (χ2n) is 13.0. The van der Waals surface area contributed by atoms with Crippen molar-refractivity contribution in [3.63, 3.8) is 0 Å². The maximum atomic E-state index is 10.8. The molecular formula is C29H48O. The topological polar surface area (TPSA) is 20.2 Å². The van der Waals surface area contributed by atoms with Crippen LogP contribution < -0.4 is 0 Å². The molecule has 4 aliphatic rings. The molecule has 1 N–H and O–H groups in total. The summed E-state index contributed by atoms with van der Waals surface area (Å²) in [7, 11) is 0. The summed E-state index contributed by atoms with van der Waals surface area (Å²) in [6.07, 6.45) is 15.3. The third-order valence-electron chi connectivity index (χ3n) is 10.6. The molecule has 0 aliphatic heterocycles. The molecule has 6 atom stereocenters. The van der Waals surface area contributed by atoms with Crippen LogP contribution in [0.1, 0.15) is 113 Å². The number of aliphatic hydroxyl groups excluding tert-OH is 1. The Balaban J connectivity index is 1.58. The van der Waals surface area contributed by atoms with Gasteiger partial charge in [-0.05, 0) is 96.0 Å². The molecule has 0 bridgehead atoms. The predicted molar refractivity (Wildman–Crippen MR) is 128 cm³/mol. The minimum Gasteiger partial charge on any atom is -0.393 e. The molecule has 0 unspecified atom stereocenters. The third-order valence-corrected chi connectivity index (χ3v) is 10.6. The first kappa shape index (κ1) is 22.6. The Hall–Kier alpha value is -0.560. The van der Waals surface area contributed by atoms with Gasteiger partial charge in [0.05, 0.1) is 6.10 Å². The van der Waals surface area contributed by atoms with Crippen LogP contribution in [0.15, 0.2) is 22.8 Å². The average molecular weight is 413 g/mol. The van der Waals surface area contributed by atoms with Crippen molar-refractivity contribution >= 4 is 0 Å². The van der Waals surface area contributed by atoms with Crippen LogP contribution in [-0.2, 0) is 0 Å². The fourth-order valence-corrected chi connectivity index (χ4v) is 8.63. The van der Waals surface area contributed by atoms with Crippen molar-refractivity contribution in [2.24, 2.45) is 39.9 Å². The van der Waals surface area contributed by atoms with Crippen LogP contribution in [0.25, 0.3) is 0 Å². The maximum Gasteiger partial charge on any atom is 0.0594 e. The van der Waals surface area contributed by atoms with E-state index in [0.717, 1.165) is 24.2 Å². The van der Waals surface area contributed by atoms with Crippen molar-refractivity contribution < 1.29 is 5.11 Å². The highest BCUT2D eigenvalue weighted by molar-refractivity contribution is 5.49. The van der Waals surface area contributed by atoms with E-state index in [2.05, 4.69) is 54.5 Å². The van der Waals surface area contributed by atoms with Gasteiger partial charge < -0.3 is 5.11 Å². The van der Waals surface area contributed by atoms with E-state index < -0.39 is 0 Å². The van der Waals surface area contributed by atoms with Crippen molar-refractivity contribution in [2.45, 2.75) is 119 Å². The fraction of sp³-hybridized carbons (Fsp3) is 0.862. The molecule has 4 aliphatic carbocycles. The molecule has 4 rings (SSSR count). The largest absolute Gasteiger partial charge is 0.393 e. The fourth-order valence-electron chi connectivity index (χ4n) is 8.63. The van der Waals surface area contributed by atoms with Gasteiger partial charge in [-0.25, -0.2) is 0 Å². The molecule has 0 aromatic rings. The second kappa shape index (κ2) is 7.79. The standard InChI is InChI=1S/C29H48O/c1-19(2)9-8-10-20(3)22-12-13-23-21-11-14-25-27(4,5)26(30)16-18-29(25,7)24(21)15-17-28(22,23)6/h13,19-20,22,25-26,30H,8-12,14-18H2,1-7H3/t20-,22-,25-,26+,28-,29-/m0/s1. The Morgan fingerprint density at radius 2 is 1.70 bits per heavy atom. The number of hydrogen-bond acceptors (Lipinski definition) is 1. The average Bonchev–Trinajstić information content (AvgIpc) is 3.02.